The molecular formula is C15H17ClN4O2S. The van der Waals surface area contributed by atoms with E-state index < -0.39 is 9.84 Å². The maximum Gasteiger partial charge on any atom is 0.224 e. The lowest BCUT2D eigenvalue weighted by atomic mass is 10.2. The molecule has 23 heavy (non-hydrogen) atoms. The van der Waals surface area contributed by atoms with E-state index in [2.05, 4.69) is 20.6 Å². The van der Waals surface area contributed by atoms with Crippen molar-refractivity contribution in [2.24, 2.45) is 0 Å². The molecule has 1 saturated heterocycles. The SMILES string of the molecule is O=S1(=O)CCC(Nc2nccc(NCc3ccccc3Cl)n2)C1. The molecule has 1 aromatic heterocycles. The summed E-state index contributed by atoms with van der Waals surface area (Å²) in [6.45, 7) is 0.550. The minimum Gasteiger partial charge on any atom is -0.366 e. The van der Waals surface area contributed by atoms with Gasteiger partial charge in [-0.25, -0.2) is 13.4 Å². The number of nitrogens with one attached hydrogen (secondary N) is 2. The van der Waals surface area contributed by atoms with Crippen molar-refractivity contribution in [3.05, 3.63) is 47.1 Å². The summed E-state index contributed by atoms with van der Waals surface area (Å²) >= 11 is 6.12. The van der Waals surface area contributed by atoms with Crippen molar-refractivity contribution in [1.29, 1.82) is 0 Å². The first-order valence-corrected chi connectivity index (χ1v) is 9.49. The second-order valence-electron chi connectivity index (χ2n) is 5.45. The third-order valence-corrected chi connectivity index (χ3v) is 5.78. The minimum atomic E-state index is -2.93. The predicted octanol–water partition coefficient (Wildman–Crippen LogP) is 2.34. The van der Waals surface area contributed by atoms with E-state index in [1.54, 1.807) is 12.3 Å². The molecule has 6 nitrogen and oxygen atoms in total. The number of rotatable bonds is 5. The number of hydrogen-bond donors (Lipinski definition) is 2. The summed E-state index contributed by atoms with van der Waals surface area (Å²) in [5, 5.41) is 6.97. The third kappa shape index (κ3) is 4.33. The van der Waals surface area contributed by atoms with Crippen LogP contribution in [-0.2, 0) is 16.4 Å². The molecule has 1 aromatic carbocycles. The number of benzene rings is 1. The summed E-state index contributed by atoms with van der Waals surface area (Å²) in [5.74, 6) is 1.43. The van der Waals surface area contributed by atoms with Gasteiger partial charge in [0.2, 0.25) is 5.95 Å². The lowest BCUT2D eigenvalue weighted by Crippen LogP contribution is -2.22. The number of halogens is 1. The Morgan fingerprint density at radius 1 is 1.26 bits per heavy atom. The molecule has 0 spiro atoms. The van der Waals surface area contributed by atoms with E-state index in [1.807, 2.05) is 24.3 Å². The van der Waals surface area contributed by atoms with Crippen molar-refractivity contribution >= 4 is 33.2 Å². The Morgan fingerprint density at radius 3 is 2.83 bits per heavy atom. The lowest BCUT2D eigenvalue weighted by molar-refractivity contribution is 0.602. The van der Waals surface area contributed by atoms with E-state index in [0.717, 1.165) is 5.56 Å². The minimum absolute atomic E-state index is 0.126. The van der Waals surface area contributed by atoms with Crippen LogP contribution in [0, 0.1) is 0 Å². The van der Waals surface area contributed by atoms with E-state index >= 15 is 0 Å². The van der Waals surface area contributed by atoms with Crippen LogP contribution in [0.1, 0.15) is 12.0 Å². The molecule has 122 valence electrons. The fourth-order valence-corrected chi connectivity index (χ4v) is 4.32. The van der Waals surface area contributed by atoms with E-state index in [0.29, 0.717) is 29.8 Å². The second-order valence-corrected chi connectivity index (χ2v) is 8.09. The summed E-state index contributed by atoms with van der Waals surface area (Å²) < 4.78 is 23.0. The highest BCUT2D eigenvalue weighted by Crippen LogP contribution is 2.18. The van der Waals surface area contributed by atoms with Gasteiger partial charge < -0.3 is 10.6 Å². The molecule has 1 aliphatic rings. The Balaban J connectivity index is 1.62. The summed E-state index contributed by atoms with van der Waals surface area (Å²) in [7, 11) is -2.93. The van der Waals surface area contributed by atoms with Crippen molar-refractivity contribution in [2.45, 2.75) is 19.0 Å². The zero-order valence-electron chi connectivity index (χ0n) is 12.4. The monoisotopic (exact) mass is 352 g/mol. The van der Waals surface area contributed by atoms with Crippen LogP contribution in [0.15, 0.2) is 36.5 Å². The van der Waals surface area contributed by atoms with E-state index in [-0.39, 0.29) is 17.5 Å². The first-order valence-electron chi connectivity index (χ1n) is 7.29. The molecule has 8 heteroatoms. The zero-order valence-corrected chi connectivity index (χ0v) is 13.9. The number of nitrogens with zero attached hydrogens (tertiary/aromatic N) is 2. The average molecular weight is 353 g/mol. The Hall–Kier alpha value is -1.86. The maximum atomic E-state index is 11.5. The molecule has 1 aliphatic heterocycles. The van der Waals surface area contributed by atoms with Crippen LogP contribution in [0.4, 0.5) is 11.8 Å². The first-order chi connectivity index (χ1) is 11.0. The molecule has 2 heterocycles. The van der Waals surface area contributed by atoms with Gasteiger partial charge in [-0.15, -0.1) is 0 Å². The number of sulfone groups is 1. The first kappa shape index (κ1) is 16.0. The van der Waals surface area contributed by atoms with Crippen LogP contribution in [0.3, 0.4) is 0 Å². The van der Waals surface area contributed by atoms with Gasteiger partial charge in [0.1, 0.15) is 5.82 Å². The fraction of sp³-hybridized carbons (Fsp3) is 0.333. The molecule has 1 unspecified atom stereocenters. The molecule has 0 aliphatic carbocycles. The summed E-state index contributed by atoms with van der Waals surface area (Å²) in [6.07, 6.45) is 2.22. The van der Waals surface area contributed by atoms with Gasteiger partial charge in [-0.05, 0) is 24.1 Å². The topological polar surface area (TPSA) is 84.0 Å². The molecule has 3 rings (SSSR count). The van der Waals surface area contributed by atoms with Crippen LogP contribution in [0.2, 0.25) is 5.02 Å². The van der Waals surface area contributed by atoms with Gasteiger partial charge in [0.25, 0.3) is 0 Å². The summed E-state index contributed by atoms with van der Waals surface area (Å²) in [6, 6.07) is 9.22. The number of anilines is 2. The van der Waals surface area contributed by atoms with Gasteiger partial charge >= 0.3 is 0 Å². The van der Waals surface area contributed by atoms with Gasteiger partial charge in [-0.3, -0.25) is 0 Å². The van der Waals surface area contributed by atoms with Crippen LogP contribution in [-0.4, -0.2) is 35.9 Å². The number of aromatic nitrogens is 2. The van der Waals surface area contributed by atoms with Crippen molar-refractivity contribution in [1.82, 2.24) is 9.97 Å². The number of hydrogen-bond acceptors (Lipinski definition) is 6. The van der Waals surface area contributed by atoms with E-state index in [9.17, 15) is 8.42 Å². The molecular weight excluding hydrogens is 336 g/mol. The molecule has 1 fully saturated rings. The third-order valence-electron chi connectivity index (χ3n) is 3.64. The molecule has 0 amide bonds. The molecule has 2 aromatic rings. The quantitative estimate of drug-likeness (QED) is 0.859. The van der Waals surface area contributed by atoms with Gasteiger partial charge in [0.15, 0.2) is 9.84 Å². The Morgan fingerprint density at radius 2 is 2.09 bits per heavy atom. The summed E-state index contributed by atoms with van der Waals surface area (Å²) in [5.41, 5.74) is 0.976. The van der Waals surface area contributed by atoms with E-state index in [1.165, 1.54) is 0 Å². The van der Waals surface area contributed by atoms with Crippen molar-refractivity contribution in [3.63, 3.8) is 0 Å². The van der Waals surface area contributed by atoms with E-state index in [4.69, 9.17) is 11.6 Å². The van der Waals surface area contributed by atoms with Crippen molar-refractivity contribution in [2.75, 3.05) is 22.1 Å². The average Bonchev–Trinajstić information content (AvgIpc) is 2.86. The Bertz CT molecular complexity index is 798. The predicted molar refractivity (Wildman–Crippen MR) is 91.5 cm³/mol. The van der Waals surface area contributed by atoms with Crippen LogP contribution in [0.25, 0.3) is 0 Å². The summed E-state index contributed by atoms with van der Waals surface area (Å²) in [4.78, 5) is 8.50. The molecule has 1 atom stereocenters. The maximum absolute atomic E-state index is 11.5. The van der Waals surface area contributed by atoms with Gasteiger partial charge in [0, 0.05) is 23.8 Å². The van der Waals surface area contributed by atoms with Crippen LogP contribution >= 0.6 is 11.6 Å². The Kier molecular flexibility index (Phi) is 4.68. The van der Waals surface area contributed by atoms with Crippen molar-refractivity contribution in [3.8, 4) is 0 Å². The molecule has 0 bridgehead atoms. The highest BCUT2D eigenvalue weighted by molar-refractivity contribution is 7.91. The fourth-order valence-electron chi connectivity index (χ4n) is 2.45. The largest absolute Gasteiger partial charge is 0.366 e. The zero-order chi connectivity index (χ0) is 16.3. The smallest absolute Gasteiger partial charge is 0.224 e. The van der Waals surface area contributed by atoms with Crippen LogP contribution in [0.5, 0.6) is 0 Å². The van der Waals surface area contributed by atoms with Gasteiger partial charge in [-0.2, -0.15) is 4.98 Å². The second kappa shape index (κ2) is 6.72. The normalized spacial score (nSPS) is 19.4. The van der Waals surface area contributed by atoms with Crippen LogP contribution < -0.4 is 10.6 Å². The molecule has 2 N–H and O–H groups in total. The standard InChI is InChI=1S/C15H17ClN4O2S/c16-13-4-2-1-3-11(13)9-18-14-5-7-17-15(20-14)19-12-6-8-23(21,22)10-12/h1-5,7,12H,6,8-10H2,(H2,17,18,19,20). The highest BCUT2D eigenvalue weighted by Gasteiger charge is 2.28. The highest BCUT2D eigenvalue weighted by atomic mass is 35.5. The van der Waals surface area contributed by atoms with Gasteiger partial charge in [-0.1, -0.05) is 29.8 Å². The lowest BCUT2D eigenvalue weighted by Gasteiger charge is -2.12. The molecule has 0 saturated carbocycles. The Labute approximate surface area is 140 Å². The van der Waals surface area contributed by atoms with Crippen molar-refractivity contribution < 1.29 is 8.42 Å². The van der Waals surface area contributed by atoms with Gasteiger partial charge in [0.05, 0.1) is 11.5 Å². The molecule has 0 radical (unpaired) electrons.